The molecule has 36 heavy (non-hydrogen) atoms. The summed E-state index contributed by atoms with van der Waals surface area (Å²) in [7, 11) is 1.21. The number of oxime groups is 1. The van der Waals surface area contributed by atoms with Crippen LogP contribution in [0.2, 0.25) is 0 Å². The molecule has 14 nitrogen and oxygen atoms in total. The maximum Gasteiger partial charge on any atom is 0.316 e. The molecule has 0 saturated carbocycles. The zero-order valence-corrected chi connectivity index (χ0v) is 19.7. The number of aliphatic carboxylic acids is 2. The van der Waals surface area contributed by atoms with Crippen LogP contribution in [-0.4, -0.2) is 87.3 Å². The molecule has 1 aromatic heterocycles. The van der Waals surface area contributed by atoms with Gasteiger partial charge in [-0.25, -0.2) is 15.0 Å². The quantitative estimate of drug-likeness (QED) is 0.123. The first-order chi connectivity index (χ1) is 17.2. The number of rotatable bonds is 12. The van der Waals surface area contributed by atoms with Gasteiger partial charge in [0.1, 0.15) is 24.8 Å². The zero-order chi connectivity index (χ0) is 26.6. The first-order valence-corrected chi connectivity index (χ1v) is 11.2. The Balaban J connectivity index is 1.90. The standard InChI is InChI=1S/C21H22N6O8S/c1-4-10(19(31)32)12-6-26-7-13(18(30)27(26)16(12)11(5-2)20(33)34)23-17(29)15(25-35-3)14-8-36-21(24-14)22-9-28/h4-5,8-11,13H,1-2,6-7H2,3H3,(H,23,29)(H,31,32)(H,33,34)(H,22,24,28)/b25-15-/t10?,11?,13-/m0/s1. The van der Waals surface area contributed by atoms with Gasteiger partial charge in [-0.1, -0.05) is 17.3 Å². The maximum absolute atomic E-state index is 13.3. The number of fused-ring (bicyclic) bond motifs is 1. The summed E-state index contributed by atoms with van der Waals surface area (Å²) in [6, 6.07) is -1.12. The monoisotopic (exact) mass is 518 g/mol. The number of hydrogen-bond acceptors (Lipinski definition) is 10. The number of carbonyl (C=O) groups excluding carboxylic acids is 3. The van der Waals surface area contributed by atoms with E-state index in [0.29, 0.717) is 6.41 Å². The van der Waals surface area contributed by atoms with E-state index in [2.05, 4.69) is 33.9 Å². The molecule has 190 valence electrons. The van der Waals surface area contributed by atoms with Crippen LogP contribution in [0.15, 0.2) is 47.1 Å². The average molecular weight is 519 g/mol. The molecule has 3 heterocycles. The van der Waals surface area contributed by atoms with E-state index in [1.54, 1.807) is 0 Å². The fourth-order valence-electron chi connectivity index (χ4n) is 3.92. The van der Waals surface area contributed by atoms with E-state index in [1.807, 2.05) is 0 Å². The number of hydrazine groups is 1. The minimum absolute atomic E-state index is 0.0542. The van der Waals surface area contributed by atoms with Crippen LogP contribution in [0.25, 0.3) is 0 Å². The molecule has 0 spiro atoms. The van der Waals surface area contributed by atoms with Crippen LogP contribution < -0.4 is 10.6 Å². The van der Waals surface area contributed by atoms with Crippen molar-refractivity contribution in [3.63, 3.8) is 0 Å². The van der Waals surface area contributed by atoms with E-state index < -0.39 is 41.6 Å². The predicted molar refractivity (Wildman–Crippen MR) is 125 cm³/mol. The summed E-state index contributed by atoms with van der Waals surface area (Å²) in [5, 5.41) is 32.0. The van der Waals surface area contributed by atoms with Gasteiger partial charge in [0.15, 0.2) is 10.8 Å². The molecule has 3 rings (SSSR count). The first kappa shape index (κ1) is 26.2. The third kappa shape index (κ3) is 4.87. The van der Waals surface area contributed by atoms with Gasteiger partial charge in [0, 0.05) is 18.5 Å². The predicted octanol–water partition coefficient (Wildman–Crippen LogP) is -0.353. The molecule has 2 unspecified atom stereocenters. The number of nitrogens with zero attached hydrogens (tertiary/aromatic N) is 4. The highest BCUT2D eigenvalue weighted by Crippen LogP contribution is 2.38. The maximum atomic E-state index is 13.3. The van der Waals surface area contributed by atoms with Gasteiger partial charge in [0.05, 0.1) is 11.6 Å². The van der Waals surface area contributed by atoms with Gasteiger partial charge < -0.3 is 25.7 Å². The summed E-state index contributed by atoms with van der Waals surface area (Å²) < 4.78 is 0. The number of carboxylic acid groups (broad SMARTS) is 2. The number of nitrogens with one attached hydrogen (secondary N) is 2. The van der Waals surface area contributed by atoms with Crippen LogP contribution >= 0.6 is 11.3 Å². The highest BCUT2D eigenvalue weighted by atomic mass is 32.1. The van der Waals surface area contributed by atoms with Crippen LogP contribution in [-0.2, 0) is 28.8 Å². The van der Waals surface area contributed by atoms with E-state index in [1.165, 1.54) is 17.5 Å². The van der Waals surface area contributed by atoms with Gasteiger partial charge in [0.25, 0.3) is 11.8 Å². The summed E-state index contributed by atoms with van der Waals surface area (Å²) in [4.78, 5) is 69.3. The molecule has 3 atom stereocenters. The molecule has 15 heteroatoms. The third-order valence-corrected chi connectivity index (χ3v) is 6.17. The van der Waals surface area contributed by atoms with Crippen molar-refractivity contribution in [1.82, 2.24) is 20.3 Å². The van der Waals surface area contributed by atoms with Crippen LogP contribution in [0.3, 0.4) is 0 Å². The number of aromatic nitrogens is 1. The minimum Gasteiger partial charge on any atom is -0.481 e. The van der Waals surface area contributed by atoms with Gasteiger partial charge in [0.2, 0.25) is 6.41 Å². The van der Waals surface area contributed by atoms with E-state index in [-0.39, 0.29) is 40.9 Å². The number of hydrogen-bond donors (Lipinski definition) is 4. The Morgan fingerprint density at radius 3 is 2.50 bits per heavy atom. The molecule has 1 aromatic rings. The molecular formula is C21H22N6O8S. The molecule has 3 amide bonds. The van der Waals surface area contributed by atoms with Crippen LogP contribution in [0, 0.1) is 11.8 Å². The van der Waals surface area contributed by atoms with Crippen molar-refractivity contribution in [1.29, 1.82) is 0 Å². The normalized spacial score (nSPS) is 19.4. The summed E-state index contributed by atoms with van der Waals surface area (Å²) in [5.74, 6) is -6.67. The summed E-state index contributed by atoms with van der Waals surface area (Å²) in [5.41, 5.74) is -0.0412. The van der Waals surface area contributed by atoms with E-state index >= 15 is 0 Å². The van der Waals surface area contributed by atoms with Crippen molar-refractivity contribution < 1.29 is 39.0 Å². The molecule has 0 radical (unpaired) electrons. The lowest BCUT2D eigenvalue weighted by molar-refractivity contribution is -0.142. The van der Waals surface area contributed by atoms with Crippen molar-refractivity contribution in [3.05, 3.63) is 47.7 Å². The van der Waals surface area contributed by atoms with Crippen molar-refractivity contribution in [3.8, 4) is 0 Å². The Bertz CT molecular complexity index is 1190. The molecule has 0 aliphatic carbocycles. The molecule has 0 bridgehead atoms. The highest BCUT2D eigenvalue weighted by Gasteiger charge is 2.50. The second kappa shape index (κ2) is 10.9. The van der Waals surface area contributed by atoms with E-state index in [9.17, 15) is 34.2 Å². The number of carboxylic acids is 2. The Kier molecular flexibility index (Phi) is 7.96. The third-order valence-electron chi connectivity index (χ3n) is 5.40. The summed E-state index contributed by atoms with van der Waals surface area (Å²) in [6.45, 7) is 6.89. The highest BCUT2D eigenvalue weighted by molar-refractivity contribution is 7.14. The van der Waals surface area contributed by atoms with Gasteiger partial charge in [-0.3, -0.25) is 24.0 Å². The number of amides is 3. The molecule has 1 saturated heterocycles. The minimum atomic E-state index is -1.38. The molecular weight excluding hydrogens is 496 g/mol. The first-order valence-electron chi connectivity index (χ1n) is 10.3. The summed E-state index contributed by atoms with van der Waals surface area (Å²) in [6.07, 6.45) is 2.67. The fraction of sp³-hybridized carbons (Fsp3) is 0.286. The SMILES string of the molecule is C=CC(C(=O)O)C1=C(C(C=C)C(=O)O)N2C(=O)[C@@H](NC(=O)/C(=N\OC)c3csc(NC=O)n3)CN2C1. The van der Waals surface area contributed by atoms with E-state index in [4.69, 9.17) is 4.84 Å². The second-order valence-electron chi connectivity index (χ2n) is 7.46. The summed E-state index contributed by atoms with van der Waals surface area (Å²) >= 11 is 1.04. The zero-order valence-electron chi connectivity index (χ0n) is 18.9. The van der Waals surface area contributed by atoms with Gasteiger partial charge in [-0.15, -0.1) is 24.5 Å². The van der Waals surface area contributed by atoms with Gasteiger partial charge >= 0.3 is 11.9 Å². The molecule has 2 aliphatic rings. The molecule has 2 aliphatic heterocycles. The van der Waals surface area contributed by atoms with Gasteiger partial charge in [-0.05, 0) is 5.57 Å². The largest absolute Gasteiger partial charge is 0.481 e. The Morgan fingerprint density at radius 1 is 1.28 bits per heavy atom. The lowest BCUT2D eigenvalue weighted by Gasteiger charge is -2.24. The average Bonchev–Trinajstić information content (AvgIpc) is 3.50. The fourth-order valence-corrected chi connectivity index (χ4v) is 4.57. The number of carbonyl (C=O) groups is 5. The molecule has 0 aromatic carbocycles. The van der Waals surface area contributed by atoms with Crippen LogP contribution in [0.4, 0.5) is 5.13 Å². The molecule has 1 fully saturated rings. The van der Waals surface area contributed by atoms with Crippen LogP contribution in [0.5, 0.6) is 0 Å². The Morgan fingerprint density at radius 2 is 1.94 bits per heavy atom. The Hall–Kier alpha value is -4.37. The van der Waals surface area contributed by atoms with Crippen LogP contribution in [0.1, 0.15) is 5.69 Å². The van der Waals surface area contributed by atoms with Crippen molar-refractivity contribution in [2.45, 2.75) is 6.04 Å². The topological polar surface area (TPSA) is 191 Å². The Labute approximate surface area is 208 Å². The molecule has 4 N–H and O–H groups in total. The number of thiazole rings is 1. The lowest BCUT2D eigenvalue weighted by Crippen LogP contribution is -2.46. The van der Waals surface area contributed by atoms with Crippen molar-refractivity contribution in [2.24, 2.45) is 17.0 Å². The van der Waals surface area contributed by atoms with E-state index in [0.717, 1.165) is 28.5 Å². The van der Waals surface area contributed by atoms with Crippen molar-refractivity contribution >= 4 is 52.3 Å². The lowest BCUT2D eigenvalue weighted by atomic mass is 9.91. The number of anilines is 1. The van der Waals surface area contributed by atoms with Crippen molar-refractivity contribution in [2.75, 3.05) is 25.5 Å². The second-order valence-corrected chi connectivity index (χ2v) is 8.32. The van der Waals surface area contributed by atoms with Gasteiger partial charge in [-0.2, -0.15) is 0 Å². The smallest absolute Gasteiger partial charge is 0.316 e.